The molecule has 10 rings (SSSR count). The number of fused-ring (bicyclic) bond motifs is 5. The maximum Gasteiger partial charge on any atom is 0.0634 e. The van der Waals surface area contributed by atoms with Crippen LogP contribution in [0.25, 0.3) is 0 Å². The molecule has 1 aromatic rings. The molecular formula is C46H70N4. The third-order valence-corrected chi connectivity index (χ3v) is 17.2. The third-order valence-electron chi connectivity index (χ3n) is 17.2. The van der Waals surface area contributed by atoms with E-state index >= 15 is 0 Å². The Morgan fingerprint density at radius 1 is 0.640 bits per heavy atom. The Balaban J connectivity index is 0.878. The van der Waals surface area contributed by atoms with Crippen LogP contribution in [0.5, 0.6) is 0 Å². The lowest BCUT2D eigenvalue weighted by Crippen LogP contribution is -2.57. The van der Waals surface area contributed by atoms with Crippen LogP contribution in [0.2, 0.25) is 0 Å². The van der Waals surface area contributed by atoms with Gasteiger partial charge in [-0.3, -0.25) is 15.1 Å². The first-order valence-corrected chi connectivity index (χ1v) is 22.5. The van der Waals surface area contributed by atoms with Gasteiger partial charge in [0.2, 0.25) is 0 Å². The van der Waals surface area contributed by atoms with Crippen molar-refractivity contribution in [2.75, 3.05) is 4.90 Å². The summed E-state index contributed by atoms with van der Waals surface area (Å²) in [7, 11) is 0. The van der Waals surface area contributed by atoms with Gasteiger partial charge in [-0.25, -0.2) is 0 Å². The first kappa shape index (κ1) is 33.2. The van der Waals surface area contributed by atoms with Crippen LogP contribution in [0.1, 0.15) is 173 Å². The molecule has 10 atom stereocenters. The summed E-state index contributed by atoms with van der Waals surface area (Å²) < 4.78 is 0. The van der Waals surface area contributed by atoms with Crippen molar-refractivity contribution < 1.29 is 0 Å². The summed E-state index contributed by atoms with van der Waals surface area (Å²) in [4.78, 5) is 9.45. The summed E-state index contributed by atoms with van der Waals surface area (Å²) in [6.45, 7) is 2.82. The number of anilines is 1. The molecule has 0 amide bonds. The first-order valence-electron chi connectivity index (χ1n) is 22.5. The summed E-state index contributed by atoms with van der Waals surface area (Å²) in [6.07, 6.45) is 40.1. The van der Waals surface area contributed by atoms with Crippen molar-refractivity contribution in [1.82, 2.24) is 15.1 Å². The standard InChI is InChI=1S/C46H70N4/c1-46(34-26-24-32(25-27-34)45-47-40-20-10-13-23-44(40)49(45)35-14-4-2-5-15-35)31-33-30-37(28-29-41(33)50(46)36-16-6-3-7-17-36)48-42-21-11-8-18-38(42)39-19-9-12-22-43(39)48/h2,4,8,11,18,21,32-37,39-41,43-45,47H,3,5-7,9-10,12-17,19-20,22-31H2,1H3. The zero-order chi connectivity index (χ0) is 33.2. The van der Waals surface area contributed by atoms with Crippen LogP contribution in [0.4, 0.5) is 5.69 Å². The Bertz CT molecular complexity index is 1360. The van der Waals surface area contributed by atoms with Gasteiger partial charge >= 0.3 is 0 Å². The molecule has 0 spiro atoms. The zero-order valence-corrected chi connectivity index (χ0v) is 31.7. The van der Waals surface area contributed by atoms with Gasteiger partial charge in [-0.2, -0.15) is 0 Å². The molecule has 0 aromatic heterocycles. The van der Waals surface area contributed by atoms with Crippen molar-refractivity contribution in [3.8, 4) is 0 Å². The number of hydrogen-bond donors (Lipinski definition) is 1. The van der Waals surface area contributed by atoms with E-state index in [9.17, 15) is 0 Å². The van der Waals surface area contributed by atoms with E-state index in [1.54, 1.807) is 11.3 Å². The van der Waals surface area contributed by atoms with E-state index in [2.05, 4.69) is 63.4 Å². The van der Waals surface area contributed by atoms with E-state index in [-0.39, 0.29) is 0 Å². The molecular weight excluding hydrogens is 609 g/mol. The van der Waals surface area contributed by atoms with Crippen molar-refractivity contribution in [2.24, 2.45) is 17.8 Å². The van der Waals surface area contributed by atoms with Gasteiger partial charge in [0, 0.05) is 59.4 Å². The quantitative estimate of drug-likeness (QED) is 0.313. The van der Waals surface area contributed by atoms with Crippen LogP contribution in [0, 0.1) is 17.8 Å². The summed E-state index contributed by atoms with van der Waals surface area (Å²) in [5, 5.41) is 4.35. The van der Waals surface area contributed by atoms with Crippen molar-refractivity contribution in [2.45, 2.75) is 221 Å². The monoisotopic (exact) mass is 679 g/mol. The number of allylic oxidation sites excluding steroid dienone is 1. The molecule has 0 radical (unpaired) electrons. The number of likely N-dealkylation sites (tertiary alicyclic amines) is 1. The van der Waals surface area contributed by atoms with E-state index in [0.717, 1.165) is 66.0 Å². The van der Waals surface area contributed by atoms with Gasteiger partial charge in [-0.1, -0.05) is 75.3 Å². The van der Waals surface area contributed by atoms with E-state index in [0.29, 0.717) is 11.7 Å². The van der Waals surface area contributed by atoms with Gasteiger partial charge in [-0.15, -0.1) is 0 Å². The molecule has 5 saturated carbocycles. The van der Waals surface area contributed by atoms with Gasteiger partial charge in [0.15, 0.2) is 0 Å². The average molecular weight is 679 g/mol. The highest BCUT2D eigenvalue weighted by atomic mass is 15.4. The highest BCUT2D eigenvalue weighted by molar-refractivity contribution is 5.63. The normalized spacial score (nSPS) is 45.6. The van der Waals surface area contributed by atoms with Crippen LogP contribution < -0.4 is 10.2 Å². The minimum Gasteiger partial charge on any atom is -0.365 e. The number of rotatable bonds is 5. The first-order chi connectivity index (χ1) is 24.7. The summed E-state index contributed by atoms with van der Waals surface area (Å²) in [5.41, 5.74) is 3.73. The van der Waals surface area contributed by atoms with Crippen molar-refractivity contribution in [1.29, 1.82) is 0 Å². The molecule has 1 aromatic carbocycles. The Kier molecular flexibility index (Phi) is 9.17. The van der Waals surface area contributed by atoms with Crippen molar-refractivity contribution in [3.63, 3.8) is 0 Å². The smallest absolute Gasteiger partial charge is 0.0634 e. The fourth-order valence-electron chi connectivity index (χ4n) is 15.1. The lowest BCUT2D eigenvalue weighted by Gasteiger charge is -2.52. The highest BCUT2D eigenvalue weighted by Crippen LogP contribution is 2.57. The summed E-state index contributed by atoms with van der Waals surface area (Å²) in [5.74, 6) is 3.42. The number of hydrogen-bond acceptors (Lipinski definition) is 4. The number of benzene rings is 1. The molecule has 3 heterocycles. The van der Waals surface area contributed by atoms with Crippen LogP contribution >= 0.6 is 0 Å². The van der Waals surface area contributed by atoms with Crippen LogP contribution in [-0.4, -0.2) is 63.8 Å². The van der Waals surface area contributed by atoms with Crippen LogP contribution in [-0.2, 0) is 0 Å². The number of nitrogens with zero attached hydrogens (tertiary/aromatic N) is 3. The molecule has 6 aliphatic carbocycles. The van der Waals surface area contributed by atoms with Crippen molar-refractivity contribution >= 4 is 5.69 Å². The van der Waals surface area contributed by atoms with Gasteiger partial charge in [-0.05, 0) is 145 Å². The topological polar surface area (TPSA) is 21.8 Å². The van der Waals surface area contributed by atoms with Crippen molar-refractivity contribution in [3.05, 3.63) is 42.0 Å². The Hall–Kier alpha value is -1.36. The predicted molar refractivity (Wildman–Crippen MR) is 208 cm³/mol. The maximum absolute atomic E-state index is 4.35. The van der Waals surface area contributed by atoms with E-state index < -0.39 is 0 Å². The van der Waals surface area contributed by atoms with Gasteiger partial charge in [0.05, 0.1) is 6.17 Å². The van der Waals surface area contributed by atoms with Gasteiger partial charge in [0.25, 0.3) is 0 Å². The van der Waals surface area contributed by atoms with Crippen LogP contribution in [0.3, 0.4) is 0 Å². The summed E-state index contributed by atoms with van der Waals surface area (Å²) >= 11 is 0. The third kappa shape index (κ3) is 5.61. The van der Waals surface area contributed by atoms with E-state index in [1.165, 1.54) is 154 Å². The number of para-hydroxylation sites is 1. The molecule has 274 valence electrons. The molecule has 0 bridgehead atoms. The predicted octanol–water partition coefficient (Wildman–Crippen LogP) is 10.3. The molecule has 4 heteroatoms. The molecule has 9 aliphatic rings. The second-order valence-electron chi connectivity index (χ2n) is 19.5. The SMILES string of the molecule is CC1(C2CCC(C3NC4CCCCC4N3C3CC=CCC3)CC2)CC2CC(N3c4ccccc4C4CCCCC43)CCC2N1C1CCCCC1. The van der Waals surface area contributed by atoms with E-state index in [1.807, 2.05) is 0 Å². The minimum absolute atomic E-state index is 0.401. The highest BCUT2D eigenvalue weighted by Gasteiger charge is 2.58. The number of nitrogens with one attached hydrogen (secondary N) is 1. The lowest BCUT2D eigenvalue weighted by molar-refractivity contribution is -0.0256. The molecule has 10 unspecified atom stereocenters. The van der Waals surface area contributed by atoms with Crippen LogP contribution in [0.15, 0.2) is 36.4 Å². The van der Waals surface area contributed by atoms with Gasteiger partial charge < -0.3 is 4.90 Å². The lowest BCUT2D eigenvalue weighted by atomic mass is 9.69. The molecule has 1 N–H and O–H groups in total. The Morgan fingerprint density at radius 3 is 2.26 bits per heavy atom. The largest absolute Gasteiger partial charge is 0.365 e. The average Bonchev–Trinajstić information content (AvgIpc) is 3.83. The molecule has 2 saturated heterocycles. The summed E-state index contributed by atoms with van der Waals surface area (Å²) in [6, 6.07) is 15.2. The Morgan fingerprint density at radius 2 is 1.42 bits per heavy atom. The molecule has 4 nitrogen and oxygen atoms in total. The maximum atomic E-state index is 4.35. The minimum atomic E-state index is 0.401. The Labute approximate surface area is 305 Å². The fourth-order valence-corrected chi connectivity index (χ4v) is 15.1. The van der Waals surface area contributed by atoms with E-state index in [4.69, 9.17) is 0 Å². The molecule has 50 heavy (non-hydrogen) atoms. The molecule has 3 aliphatic heterocycles. The second kappa shape index (κ2) is 13.8. The van der Waals surface area contributed by atoms with Gasteiger partial charge in [0.1, 0.15) is 0 Å². The zero-order valence-electron chi connectivity index (χ0n) is 31.7. The second-order valence-corrected chi connectivity index (χ2v) is 19.5. The molecule has 7 fully saturated rings. The fraction of sp³-hybridized carbons (Fsp3) is 0.826.